The molecule has 9 nitrogen and oxygen atoms in total. The molecule has 0 aromatic heterocycles. The van der Waals surface area contributed by atoms with Crippen LogP contribution in [-0.4, -0.2) is 76.8 Å². The molecular weight excluding hydrogens is 372 g/mol. The minimum absolute atomic E-state index is 0.0592. The summed E-state index contributed by atoms with van der Waals surface area (Å²) in [4.78, 5) is 49.4. The zero-order valence-corrected chi connectivity index (χ0v) is 15.9. The van der Waals surface area contributed by atoms with Crippen molar-refractivity contribution in [1.82, 2.24) is 0 Å². The molecule has 2 N–H and O–H groups in total. The molecular formula is C19H22O9. The number of fused-ring (bicyclic) bond motifs is 3. The topological polar surface area (TPSA) is 140 Å². The maximum atomic E-state index is 13.0. The van der Waals surface area contributed by atoms with Crippen LogP contribution in [-0.2, 0) is 33.4 Å². The third-order valence-corrected chi connectivity index (χ3v) is 5.92. The van der Waals surface area contributed by atoms with Crippen LogP contribution in [0, 0.1) is 5.92 Å². The maximum Gasteiger partial charge on any atom is 0.331 e. The van der Waals surface area contributed by atoms with Gasteiger partial charge in [0.15, 0.2) is 12.1 Å². The molecule has 152 valence electrons. The zero-order chi connectivity index (χ0) is 21.0. The Hall–Kier alpha value is -2.20. The number of aliphatic hydroxyl groups is 2. The van der Waals surface area contributed by atoms with Crippen molar-refractivity contribution in [3.63, 3.8) is 0 Å². The molecule has 1 fully saturated rings. The summed E-state index contributed by atoms with van der Waals surface area (Å²) < 4.78 is 16.0. The molecule has 3 aliphatic rings. The Balaban J connectivity index is 2.25. The second-order valence-corrected chi connectivity index (χ2v) is 7.44. The zero-order valence-electron chi connectivity index (χ0n) is 15.9. The van der Waals surface area contributed by atoms with Crippen LogP contribution in [0.15, 0.2) is 23.3 Å². The Morgan fingerprint density at radius 2 is 1.86 bits per heavy atom. The summed E-state index contributed by atoms with van der Waals surface area (Å²) >= 11 is 0. The Bertz CT molecular complexity index is 812. The Morgan fingerprint density at radius 1 is 1.21 bits per heavy atom. The molecule has 1 aliphatic carbocycles. The lowest BCUT2D eigenvalue weighted by Crippen LogP contribution is -2.63. The molecule has 7 atom stereocenters. The number of cyclic esters (lactones) is 1. The highest BCUT2D eigenvalue weighted by Crippen LogP contribution is 2.50. The van der Waals surface area contributed by atoms with Crippen molar-refractivity contribution in [2.75, 3.05) is 7.11 Å². The third kappa shape index (κ3) is 2.77. The summed E-state index contributed by atoms with van der Waals surface area (Å²) in [5.74, 6) is -3.49. The van der Waals surface area contributed by atoms with Gasteiger partial charge in [0, 0.05) is 18.8 Å². The van der Waals surface area contributed by atoms with E-state index >= 15 is 0 Å². The normalized spacial score (nSPS) is 44.8. The molecule has 0 aromatic rings. The van der Waals surface area contributed by atoms with Gasteiger partial charge in [-0.05, 0) is 32.4 Å². The highest BCUT2D eigenvalue weighted by molar-refractivity contribution is 6.16. The van der Waals surface area contributed by atoms with Gasteiger partial charge in [-0.15, -0.1) is 0 Å². The first-order valence-electron chi connectivity index (χ1n) is 8.79. The first kappa shape index (κ1) is 20.5. The van der Waals surface area contributed by atoms with Crippen LogP contribution in [0.4, 0.5) is 0 Å². The fourth-order valence-electron chi connectivity index (χ4n) is 4.05. The van der Waals surface area contributed by atoms with Crippen LogP contribution in [0.25, 0.3) is 0 Å². The number of esters is 1. The van der Waals surface area contributed by atoms with Crippen molar-refractivity contribution >= 4 is 23.8 Å². The fourth-order valence-corrected chi connectivity index (χ4v) is 4.05. The summed E-state index contributed by atoms with van der Waals surface area (Å²) in [6, 6.07) is 0. The van der Waals surface area contributed by atoms with Crippen molar-refractivity contribution in [3.05, 3.63) is 23.3 Å². The molecule has 0 saturated carbocycles. The van der Waals surface area contributed by atoms with Crippen LogP contribution in [0.5, 0.6) is 0 Å². The molecule has 1 saturated heterocycles. The van der Waals surface area contributed by atoms with Crippen LogP contribution in [0.1, 0.15) is 20.8 Å². The van der Waals surface area contributed by atoms with E-state index in [1.165, 1.54) is 27.9 Å². The molecule has 0 spiro atoms. The molecule has 2 aliphatic heterocycles. The van der Waals surface area contributed by atoms with E-state index in [4.69, 9.17) is 14.2 Å². The number of aldehydes is 1. The summed E-state index contributed by atoms with van der Waals surface area (Å²) in [6.45, 7) is 4.13. The number of epoxide rings is 1. The molecule has 9 heteroatoms. The average molecular weight is 394 g/mol. The van der Waals surface area contributed by atoms with Crippen molar-refractivity contribution in [2.24, 2.45) is 5.92 Å². The standard InChI is InChI=1S/C19H22O9/c1-8-12-10(21)5-6-11(22)27-9(2)14(23)16-15(28-16)13(12)18(3,26-4)17(24)19(8,25)7-20/h5-7,9,13-16,23,25H,1-4H3/b6-5-. The summed E-state index contributed by atoms with van der Waals surface area (Å²) in [5, 5.41) is 21.2. The maximum absolute atomic E-state index is 13.0. The third-order valence-electron chi connectivity index (χ3n) is 5.92. The van der Waals surface area contributed by atoms with E-state index in [1.54, 1.807) is 0 Å². The average Bonchev–Trinajstić information content (AvgIpc) is 3.45. The van der Waals surface area contributed by atoms with Gasteiger partial charge in [0.2, 0.25) is 11.4 Å². The van der Waals surface area contributed by atoms with E-state index in [1.807, 2.05) is 0 Å². The van der Waals surface area contributed by atoms with Gasteiger partial charge in [0.1, 0.15) is 23.9 Å². The van der Waals surface area contributed by atoms with Gasteiger partial charge in [0.05, 0.1) is 12.0 Å². The number of hydrogen-bond donors (Lipinski definition) is 2. The van der Waals surface area contributed by atoms with Gasteiger partial charge in [0.25, 0.3) is 0 Å². The number of hydrogen-bond acceptors (Lipinski definition) is 9. The van der Waals surface area contributed by atoms with Crippen molar-refractivity contribution in [2.45, 2.75) is 56.4 Å². The molecule has 0 aromatic carbocycles. The van der Waals surface area contributed by atoms with Gasteiger partial charge in [-0.1, -0.05) is 0 Å². The summed E-state index contributed by atoms with van der Waals surface area (Å²) in [5.41, 5.74) is -4.57. The van der Waals surface area contributed by atoms with E-state index in [9.17, 15) is 29.4 Å². The molecule has 28 heavy (non-hydrogen) atoms. The Labute approximate surface area is 160 Å². The summed E-state index contributed by atoms with van der Waals surface area (Å²) in [6.07, 6.45) is -1.89. The van der Waals surface area contributed by atoms with E-state index < -0.39 is 59.1 Å². The minimum Gasteiger partial charge on any atom is -0.457 e. The number of carbonyl (C=O) groups excluding carboxylic acids is 4. The van der Waals surface area contributed by atoms with Gasteiger partial charge >= 0.3 is 5.97 Å². The second-order valence-electron chi connectivity index (χ2n) is 7.44. The number of methoxy groups -OCH3 is 1. The molecule has 2 heterocycles. The Kier molecular flexibility index (Phi) is 4.91. The van der Waals surface area contributed by atoms with Gasteiger partial charge in [-0.2, -0.15) is 0 Å². The minimum atomic E-state index is -2.56. The lowest BCUT2D eigenvalue weighted by molar-refractivity contribution is -0.165. The first-order chi connectivity index (χ1) is 13.0. The van der Waals surface area contributed by atoms with Crippen LogP contribution >= 0.6 is 0 Å². The largest absolute Gasteiger partial charge is 0.457 e. The number of aliphatic hydroxyl groups excluding tert-OH is 1. The molecule has 0 radical (unpaired) electrons. The first-order valence-corrected chi connectivity index (χ1v) is 8.79. The predicted octanol–water partition coefficient (Wildman–Crippen LogP) is -0.964. The van der Waals surface area contributed by atoms with E-state index in [0.717, 1.165) is 12.2 Å². The molecule has 0 bridgehead atoms. The highest BCUT2D eigenvalue weighted by atomic mass is 16.6. The highest BCUT2D eigenvalue weighted by Gasteiger charge is 2.66. The van der Waals surface area contributed by atoms with E-state index in [0.29, 0.717) is 0 Å². The van der Waals surface area contributed by atoms with Crippen molar-refractivity contribution < 1.29 is 43.6 Å². The van der Waals surface area contributed by atoms with E-state index in [2.05, 4.69) is 0 Å². The molecule has 0 amide bonds. The van der Waals surface area contributed by atoms with Crippen LogP contribution in [0.2, 0.25) is 0 Å². The van der Waals surface area contributed by atoms with Crippen molar-refractivity contribution in [3.8, 4) is 0 Å². The van der Waals surface area contributed by atoms with Crippen molar-refractivity contribution in [1.29, 1.82) is 0 Å². The number of Topliss-reactive ketones (excluding diaryl/α,β-unsaturated/α-hetero) is 1. The lowest BCUT2D eigenvalue weighted by atomic mass is 9.63. The van der Waals surface area contributed by atoms with Gasteiger partial charge < -0.3 is 24.4 Å². The molecule has 7 unspecified atom stereocenters. The second kappa shape index (κ2) is 6.70. The smallest absolute Gasteiger partial charge is 0.331 e. The molecule has 3 rings (SSSR count). The quantitative estimate of drug-likeness (QED) is 0.262. The monoisotopic (exact) mass is 394 g/mol. The summed E-state index contributed by atoms with van der Waals surface area (Å²) in [7, 11) is 1.22. The van der Waals surface area contributed by atoms with E-state index in [-0.39, 0.29) is 17.4 Å². The van der Waals surface area contributed by atoms with Crippen LogP contribution in [0.3, 0.4) is 0 Å². The van der Waals surface area contributed by atoms with Gasteiger partial charge in [-0.3, -0.25) is 14.4 Å². The van der Waals surface area contributed by atoms with Crippen LogP contribution < -0.4 is 0 Å². The number of rotatable bonds is 2. The lowest BCUT2D eigenvalue weighted by Gasteiger charge is -2.45. The predicted molar refractivity (Wildman–Crippen MR) is 92.0 cm³/mol. The van der Waals surface area contributed by atoms with Gasteiger partial charge in [-0.25, -0.2) is 4.79 Å². The SMILES string of the molecule is COC1(C)C(=O)C(O)(C=O)C(C)=C2C(=O)/C=C\C(=O)OC(C)C(O)C3OC3C21. The number of allylic oxidation sites excluding steroid dienone is 1. The number of ether oxygens (including phenoxy) is 3. The Morgan fingerprint density at radius 3 is 2.43 bits per heavy atom. The number of ketones is 2. The number of carbonyl (C=O) groups is 4. The fraction of sp³-hybridized carbons (Fsp3) is 0.579.